The minimum absolute atomic E-state index is 0.0776. The predicted octanol–water partition coefficient (Wildman–Crippen LogP) is 3.03. The van der Waals surface area contributed by atoms with Crippen molar-refractivity contribution in [2.45, 2.75) is 13.8 Å². The molecule has 0 aliphatic rings. The van der Waals surface area contributed by atoms with Gasteiger partial charge in [0.25, 0.3) is 5.89 Å². The number of hydrogen-bond acceptors (Lipinski definition) is 11. The molecule has 4 aromatic heterocycles. The van der Waals surface area contributed by atoms with E-state index < -0.39 is 10.8 Å². The molecule has 25 heavy (non-hydrogen) atoms. The van der Waals surface area contributed by atoms with Crippen molar-refractivity contribution in [1.29, 1.82) is 0 Å². The molecule has 0 N–H and O–H groups in total. The van der Waals surface area contributed by atoms with E-state index in [1.54, 1.807) is 13.8 Å². The smallest absolute Gasteiger partial charge is 0.397 e. The van der Waals surface area contributed by atoms with Crippen molar-refractivity contribution in [3.8, 4) is 33.7 Å². The van der Waals surface area contributed by atoms with Crippen molar-refractivity contribution in [3.05, 3.63) is 33.6 Å². The zero-order valence-electron chi connectivity index (χ0n) is 12.8. The van der Waals surface area contributed by atoms with Gasteiger partial charge in [0, 0.05) is 0 Å². The highest BCUT2D eigenvalue weighted by molar-refractivity contribution is 7.09. The Morgan fingerprint density at radius 1 is 1.16 bits per heavy atom. The minimum atomic E-state index is -0.647. The fourth-order valence-corrected chi connectivity index (χ4v) is 2.83. The molecule has 0 fully saturated rings. The zero-order chi connectivity index (χ0) is 17.6. The van der Waals surface area contributed by atoms with E-state index >= 15 is 0 Å². The Morgan fingerprint density at radius 3 is 2.68 bits per heavy atom. The van der Waals surface area contributed by atoms with E-state index in [4.69, 9.17) is 13.5 Å². The van der Waals surface area contributed by atoms with Crippen LogP contribution < -0.4 is 0 Å². The maximum atomic E-state index is 10.7. The van der Waals surface area contributed by atoms with Gasteiger partial charge < -0.3 is 13.5 Å². The lowest BCUT2D eigenvalue weighted by atomic mass is 10.1. The maximum absolute atomic E-state index is 10.7. The van der Waals surface area contributed by atoms with Crippen LogP contribution in [0.25, 0.3) is 33.7 Å². The van der Waals surface area contributed by atoms with Gasteiger partial charge in [0.1, 0.15) is 15.4 Å². The molecule has 4 heterocycles. The fraction of sp³-hybridized carbons (Fsp3) is 0.154. The maximum Gasteiger partial charge on any atom is 0.433 e. The molecule has 0 saturated heterocycles. The normalized spacial score (nSPS) is 11.1. The van der Waals surface area contributed by atoms with Crippen molar-refractivity contribution in [3.63, 3.8) is 0 Å². The van der Waals surface area contributed by atoms with Crippen LogP contribution in [-0.2, 0) is 0 Å². The molecule has 0 spiro atoms. The van der Waals surface area contributed by atoms with Gasteiger partial charge in [-0.25, -0.2) is 0 Å². The van der Waals surface area contributed by atoms with Gasteiger partial charge in [-0.3, -0.25) is 10.1 Å². The second-order valence-corrected chi connectivity index (χ2v) is 5.73. The highest BCUT2D eigenvalue weighted by Gasteiger charge is 2.26. The summed E-state index contributed by atoms with van der Waals surface area (Å²) in [5.74, 6) is 0.359. The van der Waals surface area contributed by atoms with Crippen LogP contribution >= 0.6 is 11.5 Å². The lowest BCUT2D eigenvalue weighted by molar-refractivity contribution is -0.401. The first-order valence-corrected chi connectivity index (χ1v) is 7.66. The number of aryl methyl sites for hydroxylation is 2. The molecule has 0 aliphatic carbocycles. The second-order valence-electron chi connectivity index (χ2n) is 4.98. The lowest BCUT2D eigenvalue weighted by Crippen LogP contribution is -1.84. The van der Waals surface area contributed by atoms with Gasteiger partial charge in [0.05, 0.1) is 17.5 Å². The van der Waals surface area contributed by atoms with Gasteiger partial charge >= 0.3 is 5.88 Å². The first-order chi connectivity index (χ1) is 12.0. The van der Waals surface area contributed by atoms with Gasteiger partial charge in [-0.15, -0.1) is 5.10 Å². The van der Waals surface area contributed by atoms with E-state index in [0.717, 1.165) is 11.5 Å². The van der Waals surface area contributed by atoms with E-state index in [1.807, 2.05) is 0 Å². The molecule has 0 bridgehead atoms. The van der Waals surface area contributed by atoms with Gasteiger partial charge in [0.2, 0.25) is 5.82 Å². The molecule has 12 heteroatoms. The number of hydrogen-bond donors (Lipinski definition) is 0. The Balaban J connectivity index is 1.77. The van der Waals surface area contributed by atoms with Crippen LogP contribution in [0, 0.1) is 24.0 Å². The molecule has 0 amide bonds. The molecule has 0 unspecified atom stereocenters. The molecule has 11 nitrogen and oxygen atoms in total. The first kappa shape index (κ1) is 15.1. The first-order valence-electron chi connectivity index (χ1n) is 6.89. The molecule has 0 aromatic carbocycles. The van der Waals surface area contributed by atoms with Crippen LogP contribution in [0.2, 0.25) is 0 Å². The van der Waals surface area contributed by atoms with Gasteiger partial charge in [-0.1, -0.05) is 14.8 Å². The largest absolute Gasteiger partial charge is 0.433 e. The van der Waals surface area contributed by atoms with Crippen molar-refractivity contribution < 1.29 is 18.4 Å². The van der Waals surface area contributed by atoms with Crippen LogP contribution in [-0.4, -0.2) is 29.8 Å². The van der Waals surface area contributed by atoms with Crippen LogP contribution in [0.3, 0.4) is 0 Å². The van der Waals surface area contributed by atoms with Crippen molar-refractivity contribution in [1.82, 2.24) is 24.9 Å². The van der Waals surface area contributed by atoms with E-state index in [2.05, 4.69) is 24.9 Å². The number of aromatic nitrogens is 5. The third-order valence-electron chi connectivity index (χ3n) is 3.35. The standard InChI is InChI=1S/C13H8N6O5S/c1-5-9(10(23-16-5)11-6(2)15-18-25-11)13-14-12(17-24-13)7-3-4-8(22-7)19(20)21/h3-4H,1-2H3. The second kappa shape index (κ2) is 5.59. The Bertz CT molecular complexity index is 1080. The minimum Gasteiger partial charge on any atom is -0.397 e. The SMILES string of the molecule is Cc1nnsc1-c1onc(C)c1-c1nc(-c2ccc([N+](=O)[O-])o2)no1. The molecule has 4 rings (SSSR count). The Labute approximate surface area is 142 Å². The van der Waals surface area contributed by atoms with Gasteiger partial charge in [-0.2, -0.15) is 4.98 Å². The number of furan rings is 1. The Hall–Kier alpha value is -3.41. The summed E-state index contributed by atoms with van der Waals surface area (Å²) in [6.45, 7) is 3.52. The summed E-state index contributed by atoms with van der Waals surface area (Å²) in [7, 11) is 0. The van der Waals surface area contributed by atoms with Crippen LogP contribution in [0.5, 0.6) is 0 Å². The molecular weight excluding hydrogens is 352 g/mol. The average Bonchev–Trinajstić information content (AvgIpc) is 3.31. The van der Waals surface area contributed by atoms with E-state index in [0.29, 0.717) is 27.6 Å². The molecule has 0 atom stereocenters. The third-order valence-corrected chi connectivity index (χ3v) is 4.18. The summed E-state index contributed by atoms with van der Waals surface area (Å²) in [6.07, 6.45) is 0. The highest BCUT2D eigenvalue weighted by atomic mass is 32.1. The summed E-state index contributed by atoms with van der Waals surface area (Å²) in [4.78, 5) is 15.0. The fourth-order valence-electron chi connectivity index (χ4n) is 2.19. The number of rotatable bonds is 4. The molecule has 0 aliphatic heterocycles. The quantitative estimate of drug-likeness (QED) is 0.393. The Morgan fingerprint density at radius 2 is 2.00 bits per heavy atom. The van der Waals surface area contributed by atoms with Crippen molar-refractivity contribution >= 4 is 17.4 Å². The molecular formula is C13H8N6O5S. The highest BCUT2D eigenvalue weighted by Crippen LogP contribution is 2.37. The monoisotopic (exact) mass is 360 g/mol. The van der Waals surface area contributed by atoms with E-state index in [-0.39, 0.29) is 17.5 Å². The average molecular weight is 360 g/mol. The van der Waals surface area contributed by atoms with E-state index in [1.165, 1.54) is 12.1 Å². The summed E-state index contributed by atoms with van der Waals surface area (Å²) >= 11 is 1.16. The lowest BCUT2D eigenvalue weighted by Gasteiger charge is -1.94. The molecule has 4 aromatic rings. The summed E-state index contributed by atoms with van der Waals surface area (Å²) in [5.41, 5.74) is 1.74. The van der Waals surface area contributed by atoms with Gasteiger partial charge in [0.15, 0.2) is 11.5 Å². The van der Waals surface area contributed by atoms with Crippen molar-refractivity contribution in [2.75, 3.05) is 0 Å². The third kappa shape index (κ3) is 2.48. The van der Waals surface area contributed by atoms with Crippen LogP contribution in [0.1, 0.15) is 11.4 Å². The molecule has 126 valence electrons. The molecule has 0 radical (unpaired) electrons. The van der Waals surface area contributed by atoms with Crippen molar-refractivity contribution in [2.24, 2.45) is 0 Å². The summed E-state index contributed by atoms with van der Waals surface area (Å²) < 4.78 is 19.6. The Kier molecular flexibility index (Phi) is 3.39. The topological polar surface area (TPSA) is 147 Å². The molecule has 0 saturated carbocycles. The number of nitrogens with zero attached hydrogens (tertiary/aromatic N) is 6. The summed E-state index contributed by atoms with van der Waals surface area (Å²) in [6, 6.07) is 2.61. The number of nitro groups is 1. The summed E-state index contributed by atoms with van der Waals surface area (Å²) in [5, 5.41) is 22.4. The zero-order valence-corrected chi connectivity index (χ0v) is 13.6. The van der Waals surface area contributed by atoms with Crippen LogP contribution in [0.15, 0.2) is 25.6 Å². The van der Waals surface area contributed by atoms with E-state index in [9.17, 15) is 10.1 Å². The predicted molar refractivity (Wildman–Crippen MR) is 82.5 cm³/mol. The van der Waals surface area contributed by atoms with Crippen LogP contribution in [0.4, 0.5) is 5.88 Å². The van der Waals surface area contributed by atoms with Gasteiger partial charge in [-0.05, 0) is 31.4 Å².